The first-order valence-electron chi connectivity index (χ1n) is 17.3. The standard InChI is InChI=1S/C27H25NO3.C18H18O3/c1-3-30-27(29)22-12-9-13-23(18-22)28-20(2)16-17-25(28)24-14-7-8-15-26(24)31-19-21-10-5-4-6-11-21;1-14(19)11-12-17(20)16-9-5-6-10-18(16)21-13-15-7-3-2-4-8-15/h4-18H,3,19H2,1-2H3;2-10H,11-13H2,1H3. The summed E-state index contributed by atoms with van der Waals surface area (Å²) in [6, 6.07) is 46.7. The van der Waals surface area contributed by atoms with Gasteiger partial charge in [-0.05, 0) is 86.5 Å². The number of rotatable bonds is 14. The van der Waals surface area contributed by atoms with Crippen LogP contribution >= 0.6 is 0 Å². The number of aryl methyl sites for hydroxylation is 1. The minimum atomic E-state index is -0.317. The Hall–Kier alpha value is -6.21. The molecule has 0 N–H and O–H groups in total. The predicted molar refractivity (Wildman–Crippen MR) is 204 cm³/mol. The van der Waals surface area contributed by atoms with Gasteiger partial charge in [0.05, 0.1) is 23.4 Å². The highest BCUT2D eigenvalue weighted by Crippen LogP contribution is 2.34. The highest BCUT2D eigenvalue weighted by molar-refractivity contribution is 6.00. The summed E-state index contributed by atoms with van der Waals surface area (Å²) in [4.78, 5) is 35.4. The van der Waals surface area contributed by atoms with E-state index in [1.807, 2.05) is 105 Å². The quantitative estimate of drug-likeness (QED) is 0.0834. The highest BCUT2D eigenvalue weighted by atomic mass is 16.5. The largest absolute Gasteiger partial charge is 0.488 e. The molecule has 52 heavy (non-hydrogen) atoms. The van der Waals surface area contributed by atoms with E-state index in [2.05, 4.69) is 34.9 Å². The minimum Gasteiger partial charge on any atom is -0.488 e. The third-order valence-electron chi connectivity index (χ3n) is 8.22. The van der Waals surface area contributed by atoms with E-state index in [9.17, 15) is 14.4 Å². The molecule has 6 aromatic rings. The summed E-state index contributed by atoms with van der Waals surface area (Å²) in [5, 5.41) is 0. The van der Waals surface area contributed by atoms with Crippen LogP contribution in [0.15, 0.2) is 146 Å². The molecule has 0 amide bonds. The van der Waals surface area contributed by atoms with Crippen molar-refractivity contribution in [3.63, 3.8) is 0 Å². The fourth-order valence-electron chi connectivity index (χ4n) is 5.60. The number of para-hydroxylation sites is 2. The Morgan fingerprint density at radius 1 is 0.615 bits per heavy atom. The molecule has 0 unspecified atom stereocenters. The van der Waals surface area contributed by atoms with Crippen molar-refractivity contribution < 1.29 is 28.6 Å². The zero-order valence-corrected chi connectivity index (χ0v) is 29.8. The average molecular weight is 694 g/mol. The van der Waals surface area contributed by atoms with E-state index in [4.69, 9.17) is 14.2 Å². The third-order valence-corrected chi connectivity index (χ3v) is 8.22. The molecule has 0 saturated heterocycles. The van der Waals surface area contributed by atoms with Crippen LogP contribution in [0.5, 0.6) is 11.5 Å². The van der Waals surface area contributed by atoms with Crippen LogP contribution in [0.2, 0.25) is 0 Å². The van der Waals surface area contributed by atoms with Crippen LogP contribution < -0.4 is 9.47 Å². The molecule has 7 heteroatoms. The summed E-state index contributed by atoms with van der Waals surface area (Å²) < 4.78 is 19.2. The lowest BCUT2D eigenvalue weighted by Crippen LogP contribution is -2.07. The second-order valence-electron chi connectivity index (χ2n) is 12.1. The molecule has 0 spiro atoms. The first-order valence-corrected chi connectivity index (χ1v) is 17.3. The van der Waals surface area contributed by atoms with E-state index in [1.165, 1.54) is 6.92 Å². The van der Waals surface area contributed by atoms with Crippen molar-refractivity contribution in [2.75, 3.05) is 6.61 Å². The van der Waals surface area contributed by atoms with Crippen LogP contribution in [0.4, 0.5) is 0 Å². The van der Waals surface area contributed by atoms with Gasteiger partial charge in [-0.25, -0.2) is 4.79 Å². The molecule has 0 bridgehead atoms. The van der Waals surface area contributed by atoms with Crippen molar-refractivity contribution in [3.8, 4) is 28.4 Å². The predicted octanol–water partition coefficient (Wildman–Crippen LogP) is 10.0. The number of hydrogen-bond acceptors (Lipinski definition) is 6. The van der Waals surface area contributed by atoms with Crippen LogP contribution in [-0.2, 0) is 22.7 Å². The molecule has 0 saturated carbocycles. The molecule has 0 aliphatic heterocycles. The number of nitrogens with zero attached hydrogens (tertiary/aromatic N) is 1. The fraction of sp³-hybridized carbons (Fsp3) is 0.178. The highest BCUT2D eigenvalue weighted by Gasteiger charge is 2.16. The number of benzene rings is 5. The second-order valence-corrected chi connectivity index (χ2v) is 12.1. The van der Waals surface area contributed by atoms with E-state index in [0.717, 1.165) is 39.5 Å². The Balaban J connectivity index is 0.000000217. The zero-order chi connectivity index (χ0) is 36.7. The molecular formula is C45H43NO6. The number of aromatic nitrogens is 1. The monoisotopic (exact) mass is 693 g/mol. The average Bonchev–Trinajstić information content (AvgIpc) is 3.57. The summed E-state index contributed by atoms with van der Waals surface area (Å²) in [5.41, 5.74) is 7.20. The van der Waals surface area contributed by atoms with Crippen LogP contribution in [0.3, 0.4) is 0 Å². The Kier molecular flexibility index (Phi) is 13.3. The molecular weight excluding hydrogens is 650 g/mol. The molecule has 7 nitrogen and oxygen atoms in total. The molecule has 0 radical (unpaired) electrons. The fourth-order valence-corrected chi connectivity index (χ4v) is 5.60. The van der Waals surface area contributed by atoms with Gasteiger partial charge in [-0.2, -0.15) is 0 Å². The van der Waals surface area contributed by atoms with Gasteiger partial charge in [-0.15, -0.1) is 0 Å². The van der Waals surface area contributed by atoms with Crippen molar-refractivity contribution in [3.05, 3.63) is 174 Å². The maximum atomic E-state index is 12.2. The van der Waals surface area contributed by atoms with E-state index in [0.29, 0.717) is 36.7 Å². The molecule has 0 atom stereocenters. The van der Waals surface area contributed by atoms with Gasteiger partial charge in [0.25, 0.3) is 0 Å². The molecule has 0 aliphatic rings. The maximum Gasteiger partial charge on any atom is 0.338 e. The van der Waals surface area contributed by atoms with Crippen LogP contribution in [0.25, 0.3) is 16.9 Å². The molecule has 0 aliphatic carbocycles. The number of carbonyl (C=O) groups is 3. The van der Waals surface area contributed by atoms with Crippen LogP contribution in [-0.4, -0.2) is 28.7 Å². The van der Waals surface area contributed by atoms with Gasteiger partial charge in [0.15, 0.2) is 5.78 Å². The molecule has 1 heterocycles. The van der Waals surface area contributed by atoms with Crippen LogP contribution in [0, 0.1) is 6.92 Å². The molecule has 1 aromatic heterocycles. The Bertz CT molecular complexity index is 2080. The summed E-state index contributed by atoms with van der Waals surface area (Å²) in [5.74, 6) is 1.02. The van der Waals surface area contributed by atoms with Gasteiger partial charge in [-0.1, -0.05) is 91.0 Å². The SMILES string of the molecule is CC(=O)CCC(=O)c1ccccc1OCc1ccccc1.CCOC(=O)c1cccc(-n2c(C)ccc2-c2ccccc2OCc2ccccc2)c1. The minimum absolute atomic E-state index is 0.0195. The Labute approximate surface area is 305 Å². The van der Waals surface area contributed by atoms with Crippen molar-refractivity contribution in [2.24, 2.45) is 0 Å². The van der Waals surface area contributed by atoms with Gasteiger partial charge in [0.2, 0.25) is 0 Å². The Morgan fingerprint density at radius 2 is 1.21 bits per heavy atom. The molecule has 5 aromatic carbocycles. The normalized spacial score (nSPS) is 10.4. The first kappa shape index (κ1) is 37.1. The van der Waals surface area contributed by atoms with E-state index < -0.39 is 0 Å². The second kappa shape index (κ2) is 18.7. The molecule has 6 rings (SSSR count). The van der Waals surface area contributed by atoms with Gasteiger partial charge in [0.1, 0.15) is 30.5 Å². The van der Waals surface area contributed by atoms with Crippen molar-refractivity contribution >= 4 is 17.5 Å². The number of hydrogen-bond donors (Lipinski definition) is 0. The van der Waals surface area contributed by atoms with Crippen molar-refractivity contribution in [1.29, 1.82) is 0 Å². The molecule has 264 valence electrons. The lowest BCUT2D eigenvalue weighted by atomic mass is 10.0. The Morgan fingerprint density at radius 3 is 1.87 bits per heavy atom. The van der Waals surface area contributed by atoms with E-state index in [1.54, 1.807) is 24.3 Å². The summed E-state index contributed by atoms with van der Waals surface area (Å²) in [6.45, 7) is 6.61. The topological polar surface area (TPSA) is 83.8 Å². The lowest BCUT2D eigenvalue weighted by molar-refractivity contribution is -0.117. The summed E-state index contributed by atoms with van der Waals surface area (Å²) in [7, 11) is 0. The third kappa shape index (κ3) is 10.2. The molecule has 0 fully saturated rings. The van der Waals surface area contributed by atoms with Gasteiger partial charge < -0.3 is 23.6 Å². The number of ketones is 2. The van der Waals surface area contributed by atoms with Gasteiger partial charge >= 0.3 is 5.97 Å². The van der Waals surface area contributed by atoms with Crippen molar-refractivity contribution in [2.45, 2.75) is 46.8 Å². The number of ether oxygens (including phenoxy) is 3. The first-order chi connectivity index (χ1) is 25.3. The van der Waals surface area contributed by atoms with Gasteiger partial charge in [-0.3, -0.25) is 4.79 Å². The zero-order valence-electron chi connectivity index (χ0n) is 29.8. The summed E-state index contributed by atoms with van der Waals surface area (Å²) >= 11 is 0. The number of Topliss-reactive ketones (excluding diaryl/α,β-unsaturated/α-hetero) is 2. The number of carbonyl (C=O) groups excluding carboxylic acids is 3. The number of esters is 1. The lowest BCUT2D eigenvalue weighted by Gasteiger charge is -2.16. The summed E-state index contributed by atoms with van der Waals surface area (Å²) in [6.07, 6.45) is 0.493. The van der Waals surface area contributed by atoms with Crippen LogP contribution in [0.1, 0.15) is 64.2 Å². The smallest absolute Gasteiger partial charge is 0.338 e. The maximum absolute atomic E-state index is 12.2. The van der Waals surface area contributed by atoms with E-state index >= 15 is 0 Å². The van der Waals surface area contributed by atoms with E-state index in [-0.39, 0.29) is 30.4 Å². The van der Waals surface area contributed by atoms with Gasteiger partial charge in [0, 0.05) is 29.8 Å². The van der Waals surface area contributed by atoms with Crippen molar-refractivity contribution in [1.82, 2.24) is 4.57 Å².